The Hall–Kier alpha value is -1.62. The molecule has 20 heavy (non-hydrogen) atoms. The van der Waals surface area contributed by atoms with Crippen molar-refractivity contribution >= 4 is 5.91 Å². The molecule has 3 rings (SSSR count). The molecule has 1 fully saturated rings. The number of aryl methyl sites for hydroxylation is 2. The second kappa shape index (κ2) is 5.79. The average molecular weight is 276 g/mol. The molecule has 5 nitrogen and oxygen atoms in total. The Kier molecular flexibility index (Phi) is 3.87. The van der Waals surface area contributed by atoms with E-state index in [0.717, 1.165) is 56.4 Å². The number of ether oxygens (including phenoxy) is 1. The molecule has 2 heterocycles. The summed E-state index contributed by atoms with van der Waals surface area (Å²) in [6.07, 6.45) is 6.14. The molecular weight excluding hydrogens is 256 g/mol. The monoisotopic (exact) mass is 276 g/mol. The molecule has 0 radical (unpaired) electrons. The summed E-state index contributed by atoms with van der Waals surface area (Å²) in [6.45, 7) is 1.38. The van der Waals surface area contributed by atoms with Crippen LogP contribution in [0.4, 0.5) is 0 Å². The molecule has 0 spiro atoms. The first kappa shape index (κ1) is 13.4. The highest BCUT2D eigenvalue weighted by atomic mass is 16.5. The molecule has 1 aliphatic heterocycles. The Bertz CT molecular complexity index is 559. The summed E-state index contributed by atoms with van der Waals surface area (Å²) in [6, 6.07) is 1.75. The van der Waals surface area contributed by atoms with Crippen LogP contribution in [0.5, 0.6) is 0 Å². The van der Waals surface area contributed by atoms with Gasteiger partial charge in [-0.3, -0.25) is 9.59 Å². The maximum atomic E-state index is 12.1. The van der Waals surface area contributed by atoms with E-state index in [2.05, 4.69) is 10.3 Å². The topological polar surface area (TPSA) is 71.2 Å². The lowest BCUT2D eigenvalue weighted by Gasteiger charge is -2.10. The summed E-state index contributed by atoms with van der Waals surface area (Å²) in [4.78, 5) is 26.8. The van der Waals surface area contributed by atoms with Crippen LogP contribution in [-0.2, 0) is 17.6 Å². The van der Waals surface area contributed by atoms with Crippen molar-refractivity contribution in [2.75, 3.05) is 13.2 Å². The molecule has 1 aromatic rings. The van der Waals surface area contributed by atoms with Crippen LogP contribution in [0, 0.1) is 0 Å². The van der Waals surface area contributed by atoms with Gasteiger partial charge in [0, 0.05) is 18.8 Å². The predicted octanol–water partition coefficient (Wildman–Crippen LogP) is 1.16. The van der Waals surface area contributed by atoms with Gasteiger partial charge in [0.2, 0.25) is 0 Å². The van der Waals surface area contributed by atoms with Gasteiger partial charge in [0.05, 0.1) is 6.10 Å². The fraction of sp³-hybridized carbons (Fsp3) is 0.600. The average Bonchev–Trinajstić information content (AvgIpc) is 3.08. The molecule has 5 heteroatoms. The van der Waals surface area contributed by atoms with Crippen molar-refractivity contribution in [2.24, 2.45) is 0 Å². The van der Waals surface area contributed by atoms with E-state index in [1.54, 1.807) is 6.07 Å². The molecule has 108 valence electrons. The molecule has 2 N–H and O–H groups in total. The van der Waals surface area contributed by atoms with Crippen LogP contribution in [0.15, 0.2) is 10.9 Å². The zero-order valence-electron chi connectivity index (χ0n) is 11.5. The minimum atomic E-state index is -0.279. The second-order valence-electron chi connectivity index (χ2n) is 5.55. The Morgan fingerprint density at radius 3 is 3.10 bits per heavy atom. The third-order valence-corrected chi connectivity index (χ3v) is 4.11. The van der Waals surface area contributed by atoms with Crippen molar-refractivity contribution in [1.29, 1.82) is 0 Å². The van der Waals surface area contributed by atoms with Gasteiger partial charge in [-0.05, 0) is 50.2 Å². The highest BCUT2D eigenvalue weighted by Crippen LogP contribution is 2.19. The van der Waals surface area contributed by atoms with Crippen molar-refractivity contribution in [2.45, 2.75) is 44.6 Å². The highest BCUT2D eigenvalue weighted by molar-refractivity contribution is 5.94. The maximum Gasteiger partial charge on any atom is 0.261 e. The van der Waals surface area contributed by atoms with Gasteiger partial charge in [-0.25, -0.2) is 0 Å². The number of H-pyrrole nitrogens is 1. The Balaban J connectivity index is 1.60. The number of aromatic nitrogens is 1. The van der Waals surface area contributed by atoms with E-state index in [9.17, 15) is 9.59 Å². The van der Waals surface area contributed by atoms with Gasteiger partial charge in [-0.1, -0.05) is 0 Å². The molecule has 0 bridgehead atoms. The number of nitrogens with one attached hydrogen (secondary N) is 2. The van der Waals surface area contributed by atoms with Crippen LogP contribution in [-0.4, -0.2) is 30.1 Å². The van der Waals surface area contributed by atoms with Crippen LogP contribution in [0.1, 0.15) is 47.3 Å². The van der Waals surface area contributed by atoms with E-state index in [1.807, 2.05) is 0 Å². The van der Waals surface area contributed by atoms with Crippen LogP contribution >= 0.6 is 0 Å². The van der Waals surface area contributed by atoms with E-state index < -0.39 is 0 Å². The summed E-state index contributed by atoms with van der Waals surface area (Å²) < 4.78 is 5.51. The summed E-state index contributed by atoms with van der Waals surface area (Å²) in [5.41, 5.74) is 2.05. The molecule has 1 aliphatic carbocycles. The lowest BCUT2D eigenvalue weighted by molar-refractivity contribution is 0.0906. The number of amides is 1. The summed E-state index contributed by atoms with van der Waals surface area (Å²) in [7, 11) is 0. The fourth-order valence-electron chi connectivity index (χ4n) is 3.00. The van der Waals surface area contributed by atoms with Crippen molar-refractivity contribution in [3.8, 4) is 0 Å². The van der Waals surface area contributed by atoms with Gasteiger partial charge >= 0.3 is 0 Å². The van der Waals surface area contributed by atoms with Crippen molar-refractivity contribution in [1.82, 2.24) is 10.3 Å². The van der Waals surface area contributed by atoms with Crippen LogP contribution in [0.2, 0.25) is 0 Å². The Labute approximate surface area is 117 Å². The minimum absolute atomic E-state index is 0.234. The highest BCUT2D eigenvalue weighted by Gasteiger charge is 2.19. The van der Waals surface area contributed by atoms with E-state index >= 15 is 0 Å². The molecule has 1 amide bonds. The SMILES string of the molecule is O=C(NCC[C@@H]1CCCO1)c1cc2c([nH]c1=O)CCC2. The number of carbonyl (C=O) groups is 1. The zero-order chi connectivity index (χ0) is 13.9. The normalized spacial score (nSPS) is 20.9. The minimum Gasteiger partial charge on any atom is -0.378 e. The lowest BCUT2D eigenvalue weighted by atomic mass is 10.1. The quantitative estimate of drug-likeness (QED) is 0.867. The van der Waals surface area contributed by atoms with E-state index in [4.69, 9.17) is 4.74 Å². The largest absolute Gasteiger partial charge is 0.378 e. The fourth-order valence-corrected chi connectivity index (χ4v) is 3.00. The third kappa shape index (κ3) is 2.77. The van der Waals surface area contributed by atoms with Gasteiger partial charge < -0.3 is 15.0 Å². The molecule has 0 saturated carbocycles. The number of fused-ring (bicyclic) bond motifs is 1. The summed E-state index contributed by atoms with van der Waals surface area (Å²) in [5.74, 6) is -0.279. The van der Waals surface area contributed by atoms with Crippen molar-refractivity contribution in [3.63, 3.8) is 0 Å². The van der Waals surface area contributed by atoms with Gasteiger partial charge in [0.15, 0.2) is 0 Å². The van der Waals surface area contributed by atoms with Crippen LogP contribution in [0.3, 0.4) is 0 Å². The molecule has 1 saturated heterocycles. The van der Waals surface area contributed by atoms with Gasteiger partial charge in [-0.2, -0.15) is 0 Å². The first-order chi connectivity index (χ1) is 9.74. The first-order valence-corrected chi connectivity index (χ1v) is 7.39. The number of rotatable bonds is 4. The second-order valence-corrected chi connectivity index (χ2v) is 5.55. The summed E-state index contributed by atoms with van der Waals surface area (Å²) in [5, 5.41) is 2.82. The zero-order valence-corrected chi connectivity index (χ0v) is 11.5. The van der Waals surface area contributed by atoms with Gasteiger partial charge in [0.25, 0.3) is 11.5 Å². The standard InChI is InChI=1S/C15H20N2O3/c18-14(16-7-6-11-4-2-8-20-11)12-9-10-3-1-5-13(10)17-15(12)19/h9,11H,1-8H2,(H,16,18)(H,17,19)/t11-/m0/s1. The summed E-state index contributed by atoms with van der Waals surface area (Å²) >= 11 is 0. The van der Waals surface area contributed by atoms with Crippen molar-refractivity contribution in [3.05, 3.63) is 33.2 Å². The molecule has 1 aromatic heterocycles. The molecule has 0 aromatic carbocycles. The molecule has 2 aliphatic rings. The number of carbonyl (C=O) groups excluding carboxylic acids is 1. The van der Waals surface area contributed by atoms with Crippen molar-refractivity contribution < 1.29 is 9.53 Å². The third-order valence-electron chi connectivity index (χ3n) is 4.11. The van der Waals surface area contributed by atoms with E-state index in [0.29, 0.717) is 6.54 Å². The van der Waals surface area contributed by atoms with Gasteiger partial charge in [0.1, 0.15) is 5.56 Å². The maximum absolute atomic E-state index is 12.1. The lowest BCUT2D eigenvalue weighted by Crippen LogP contribution is -2.32. The Morgan fingerprint density at radius 1 is 1.40 bits per heavy atom. The van der Waals surface area contributed by atoms with Gasteiger partial charge in [-0.15, -0.1) is 0 Å². The Morgan fingerprint density at radius 2 is 2.30 bits per heavy atom. The molecule has 0 unspecified atom stereocenters. The number of pyridine rings is 1. The smallest absolute Gasteiger partial charge is 0.261 e. The molecule has 1 atom stereocenters. The number of aromatic amines is 1. The van der Waals surface area contributed by atoms with E-state index in [1.165, 1.54) is 0 Å². The number of hydrogen-bond acceptors (Lipinski definition) is 3. The van der Waals surface area contributed by atoms with E-state index in [-0.39, 0.29) is 23.1 Å². The number of hydrogen-bond donors (Lipinski definition) is 2. The molecular formula is C15H20N2O3. The first-order valence-electron chi connectivity index (χ1n) is 7.39. The van der Waals surface area contributed by atoms with Crippen LogP contribution < -0.4 is 10.9 Å². The predicted molar refractivity (Wildman–Crippen MR) is 75.0 cm³/mol. The van der Waals surface area contributed by atoms with Crippen LogP contribution in [0.25, 0.3) is 0 Å².